The lowest BCUT2D eigenvalue weighted by molar-refractivity contribution is 0.207. The van der Waals surface area contributed by atoms with Crippen molar-refractivity contribution in [1.82, 2.24) is 19.6 Å². The molecule has 31 heavy (non-hydrogen) atoms. The van der Waals surface area contributed by atoms with Gasteiger partial charge in [-0.2, -0.15) is 0 Å². The molecule has 6 heteroatoms. The fourth-order valence-electron chi connectivity index (χ4n) is 5.29. The molecule has 1 saturated heterocycles. The van der Waals surface area contributed by atoms with Gasteiger partial charge in [-0.25, -0.2) is 4.98 Å². The normalized spacial score (nSPS) is 17.9. The summed E-state index contributed by atoms with van der Waals surface area (Å²) in [5.41, 5.74) is 5.29. The Morgan fingerprint density at radius 2 is 1.97 bits per heavy atom. The van der Waals surface area contributed by atoms with Crippen molar-refractivity contribution in [2.45, 2.75) is 71.3 Å². The Hall–Kier alpha value is -2.47. The number of likely N-dealkylation sites (tertiary alicyclic amines) is 1. The van der Waals surface area contributed by atoms with Crippen molar-refractivity contribution in [1.29, 1.82) is 0 Å². The van der Waals surface area contributed by atoms with Crippen molar-refractivity contribution in [2.24, 2.45) is 0 Å². The van der Waals surface area contributed by atoms with Gasteiger partial charge in [-0.15, -0.1) is 0 Å². The fraction of sp³-hybridized carbons (Fsp3) is 0.560. The summed E-state index contributed by atoms with van der Waals surface area (Å²) in [6, 6.07) is 6.36. The van der Waals surface area contributed by atoms with E-state index in [1.165, 1.54) is 10.9 Å². The zero-order valence-corrected chi connectivity index (χ0v) is 18.7. The largest absolute Gasteiger partial charge is 0.356 e. The molecule has 2 aromatic heterocycles. The number of rotatable bonds is 5. The third kappa shape index (κ3) is 4.05. The summed E-state index contributed by atoms with van der Waals surface area (Å²) < 4.78 is 7.50. The van der Waals surface area contributed by atoms with Crippen LogP contribution in [0.15, 0.2) is 27.5 Å². The molecule has 0 spiro atoms. The van der Waals surface area contributed by atoms with Gasteiger partial charge in [0.1, 0.15) is 5.82 Å². The van der Waals surface area contributed by atoms with Crippen LogP contribution in [0, 0.1) is 13.8 Å². The van der Waals surface area contributed by atoms with Crippen LogP contribution in [0.1, 0.15) is 66.4 Å². The van der Waals surface area contributed by atoms with E-state index in [0.717, 1.165) is 99.5 Å². The average Bonchev–Trinajstić information content (AvgIpc) is 3.19. The molecular formula is C25H32N4O2. The molecule has 0 saturated carbocycles. The van der Waals surface area contributed by atoms with Crippen LogP contribution in [0.2, 0.25) is 0 Å². The van der Waals surface area contributed by atoms with Gasteiger partial charge in [-0.05, 0) is 89.7 Å². The molecule has 3 aromatic rings. The Morgan fingerprint density at radius 1 is 1.13 bits per heavy atom. The van der Waals surface area contributed by atoms with Crippen LogP contribution < -0.4 is 5.56 Å². The van der Waals surface area contributed by atoms with E-state index >= 15 is 0 Å². The molecule has 0 N–H and O–H groups in total. The zero-order chi connectivity index (χ0) is 21.4. The molecule has 2 aliphatic heterocycles. The highest BCUT2D eigenvalue weighted by Crippen LogP contribution is 2.32. The van der Waals surface area contributed by atoms with E-state index < -0.39 is 0 Å². The number of aryl methyl sites for hydroxylation is 3. The SMILES string of the molecule is Cc1ccc2c(C3CCN(CCCc4c(C)nc5n(c4=O)CCCC5)CC3)noc2c1. The summed E-state index contributed by atoms with van der Waals surface area (Å²) in [7, 11) is 0. The first-order valence-corrected chi connectivity index (χ1v) is 11.8. The Morgan fingerprint density at radius 3 is 2.81 bits per heavy atom. The molecular weight excluding hydrogens is 388 g/mol. The van der Waals surface area contributed by atoms with Crippen molar-refractivity contribution in [3.8, 4) is 0 Å². The van der Waals surface area contributed by atoms with Gasteiger partial charge in [0.2, 0.25) is 0 Å². The van der Waals surface area contributed by atoms with Gasteiger partial charge in [0.05, 0.1) is 5.69 Å². The number of aromatic nitrogens is 3. The predicted molar refractivity (Wildman–Crippen MR) is 122 cm³/mol. The minimum atomic E-state index is 0.203. The van der Waals surface area contributed by atoms with Crippen LogP contribution in [-0.2, 0) is 19.4 Å². The highest BCUT2D eigenvalue weighted by Gasteiger charge is 2.25. The molecule has 0 aliphatic carbocycles. The Kier molecular flexibility index (Phi) is 5.65. The van der Waals surface area contributed by atoms with Crippen LogP contribution in [0.25, 0.3) is 11.0 Å². The lowest BCUT2D eigenvalue weighted by Gasteiger charge is -2.31. The number of nitrogens with zero attached hydrogens (tertiary/aromatic N) is 4. The van der Waals surface area contributed by atoms with Crippen LogP contribution in [0.3, 0.4) is 0 Å². The minimum Gasteiger partial charge on any atom is -0.356 e. The maximum Gasteiger partial charge on any atom is 0.256 e. The molecule has 4 heterocycles. The molecule has 5 rings (SSSR count). The maximum absolute atomic E-state index is 12.9. The van der Waals surface area contributed by atoms with E-state index in [1.807, 2.05) is 11.5 Å². The second-order valence-electron chi connectivity index (χ2n) is 9.29. The maximum atomic E-state index is 12.9. The van der Waals surface area contributed by atoms with Crippen molar-refractivity contribution in [2.75, 3.05) is 19.6 Å². The van der Waals surface area contributed by atoms with E-state index in [1.54, 1.807) is 0 Å². The second kappa shape index (κ2) is 8.58. The number of fused-ring (bicyclic) bond motifs is 2. The van der Waals surface area contributed by atoms with Crippen LogP contribution in [0.5, 0.6) is 0 Å². The van der Waals surface area contributed by atoms with Gasteiger partial charge in [0.15, 0.2) is 5.58 Å². The Balaban J connectivity index is 1.17. The lowest BCUT2D eigenvalue weighted by atomic mass is 9.91. The van der Waals surface area contributed by atoms with Gasteiger partial charge in [0, 0.05) is 35.5 Å². The molecule has 1 aromatic carbocycles. The smallest absolute Gasteiger partial charge is 0.256 e. The standard InChI is InChI=1S/C25H32N4O2/c1-17-8-9-21-22(16-17)31-27-24(21)19-10-14-28(15-11-19)12-5-6-20-18(2)26-23-7-3-4-13-29(23)25(20)30/h8-9,16,19H,3-7,10-15H2,1-2H3. The molecule has 0 bridgehead atoms. The van der Waals surface area contributed by atoms with Crippen molar-refractivity contribution >= 4 is 11.0 Å². The monoisotopic (exact) mass is 420 g/mol. The number of hydrogen-bond donors (Lipinski definition) is 0. The lowest BCUT2D eigenvalue weighted by Crippen LogP contribution is -2.35. The highest BCUT2D eigenvalue weighted by molar-refractivity contribution is 5.80. The first-order valence-electron chi connectivity index (χ1n) is 11.8. The summed E-state index contributed by atoms with van der Waals surface area (Å²) in [5, 5.41) is 5.57. The molecule has 0 amide bonds. The molecule has 164 valence electrons. The molecule has 0 atom stereocenters. The average molecular weight is 421 g/mol. The summed E-state index contributed by atoms with van der Waals surface area (Å²) >= 11 is 0. The number of piperidine rings is 1. The van der Waals surface area contributed by atoms with Gasteiger partial charge in [0.25, 0.3) is 5.56 Å². The van der Waals surface area contributed by atoms with Gasteiger partial charge < -0.3 is 9.42 Å². The van der Waals surface area contributed by atoms with Gasteiger partial charge in [-0.1, -0.05) is 11.2 Å². The fourth-order valence-corrected chi connectivity index (χ4v) is 5.29. The first-order chi connectivity index (χ1) is 15.1. The second-order valence-corrected chi connectivity index (χ2v) is 9.29. The number of hydrogen-bond acceptors (Lipinski definition) is 5. The third-order valence-electron chi connectivity index (χ3n) is 7.11. The topological polar surface area (TPSA) is 64.2 Å². The summed E-state index contributed by atoms with van der Waals surface area (Å²) in [6.45, 7) is 8.10. The summed E-state index contributed by atoms with van der Waals surface area (Å²) in [6.07, 6.45) is 7.22. The van der Waals surface area contributed by atoms with E-state index in [9.17, 15) is 4.79 Å². The van der Waals surface area contributed by atoms with E-state index in [0.29, 0.717) is 5.92 Å². The third-order valence-corrected chi connectivity index (χ3v) is 7.11. The molecule has 6 nitrogen and oxygen atoms in total. The van der Waals surface area contributed by atoms with Crippen molar-refractivity contribution in [3.63, 3.8) is 0 Å². The van der Waals surface area contributed by atoms with E-state index in [-0.39, 0.29) is 5.56 Å². The zero-order valence-electron chi connectivity index (χ0n) is 18.7. The summed E-state index contributed by atoms with van der Waals surface area (Å²) in [5.74, 6) is 1.45. The van der Waals surface area contributed by atoms with Crippen LogP contribution in [-0.4, -0.2) is 39.2 Å². The van der Waals surface area contributed by atoms with Gasteiger partial charge >= 0.3 is 0 Å². The molecule has 2 aliphatic rings. The predicted octanol–water partition coefficient (Wildman–Crippen LogP) is 4.15. The Labute approximate surface area is 183 Å². The van der Waals surface area contributed by atoms with E-state index in [2.05, 4.69) is 35.2 Å². The quantitative estimate of drug-likeness (QED) is 0.620. The Bertz CT molecular complexity index is 1140. The molecule has 1 fully saturated rings. The summed E-state index contributed by atoms with van der Waals surface area (Å²) in [4.78, 5) is 20.2. The van der Waals surface area contributed by atoms with Crippen molar-refractivity contribution < 1.29 is 4.52 Å². The first kappa shape index (κ1) is 20.4. The molecule has 0 radical (unpaired) electrons. The highest BCUT2D eigenvalue weighted by atomic mass is 16.5. The van der Waals surface area contributed by atoms with Crippen LogP contribution >= 0.6 is 0 Å². The van der Waals surface area contributed by atoms with E-state index in [4.69, 9.17) is 9.51 Å². The number of benzene rings is 1. The molecule has 0 unspecified atom stereocenters. The van der Waals surface area contributed by atoms with Gasteiger partial charge in [-0.3, -0.25) is 9.36 Å². The minimum absolute atomic E-state index is 0.203. The van der Waals surface area contributed by atoms with Crippen molar-refractivity contribution in [3.05, 3.63) is 56.9 Å². The van der Waals surface area contributed by atoms with Crippen LogP contribution in [0.4, 0.5) is 0 Å².